The van der Waals surface area contributed by atoms with Gasteiger partial charge in [-0.15, -0.1) is 0 Å². The molecule has 0 atom stereocenters. The van der Waals surface area contributed by atoms with Crippen molar-refractivity contribution in [2.75, 3.05) is 13.8 Å². The largest absolute Gasteiger partial charge is 0.454 e. The number of aryl methyl sites for hydroxylation is 2. The lowest BCUT2D eigenvalue weighted by Crippen LogP contribution is -2.27. The van der Waals surface area contributed by atoms with Gasteiger partial charge in [-0.05, 0) is 45.0 Å². The van der Waals surface area contributed by atoms with E-state index >= 15 is 0 Å². The number of H-pyrrole nitrogens is 1. The molecule has 0 unspecified atom stereocenters. The van der Waals surface area contributed by atoms with Gasteiger partial charge in [-0.1, -0.05) is 0 Å². The summed E-state index contributed by atoms with van der Waals surface area (Å²) in [6.45, 7) is 7.59. The first-order valence-corrected chi connectivity index (χ1v) is 9.21. The molecule has 0 bridgehead atoms. The molecule has 2 aromatic heterocycles. The van der Waals surface area contributed by atoms with Gasteiger partial charge in [-0.25, -0.2) is 0 Å². The van der Waals surface area contributed by atoms with Gasteiger partial charge in [0.25, 0.3) is 5.91 Å². The zero-order valence-corrected chi connectivity index (χ0v) is 16.4. The molecule has 8 nitrogen and oxygen atoms in total. The summed E-state index contributed by atoms with van der Waals surface area (Å²) < 4.78 is 12.7. The Morgan fingerprint density at radius 3 is 2.79 bits per heavy atom. The van der Waals surface area contributed by atoms with Crippen LogP contribution in [0.5, 0.6) is 11.5 Å². The van der Waals surface area contributed by atoms with E-state index in [1.165, 1.54) is 0 Å². The Hall–Kier alpha value is -3.29. The van der Waals surface area contributed by atoms with E-state index in [4.69, 9.17) is 9.47 Å². The third-order valence-electron chi connectivity index (χ3n) is 5.05. The van der Waals surface area contributed by atoms with Crippen LogP contribution >= 0.6 is 0 Å². The Kier molecular flexibility index (Phi) is 4.54. The number of ether oxygens (including phenoxy) is 2. The number of hydrogen-bond donors (Lipinski definition) is 1. The zero-order valence-electron chi connectivity index (χ0n) is 16.4. The highest BCUT2D eigenvalue weighted by Gasteiger charge is 2.20. The minimum Gasteiger partial charge on any atom is -0.454 e. The number of rotatable bonds is 5. The van der Waals surface area contributed by atoms with Gasteiger partial charge in [-0.2, -0.15) is 10.2 Å². The second-order valence-corrected chi connectivity index (χ2v) is 6.86. The Morgan fingerprint density at radius 2 is 2.04 bits per heavy atom. The second kappa shape index (κ2) is 7.03. The van der Waals surface area contributed by atoms with Gasteiger partial charge in [0.05, 0.1) is 11.4 Å². The first kappa shape index (κ1) is 18.1. The Labute approximate surface area is 163 Å². The lowest BCUT2D eigenvalue weighted by atomic mass is 10.1. The molecule has 1 amide bonds. The fraction of sp³-hybridized carbons (Fsp3) is 0.350. The van der Waals surface area contributed by atoms with Crippen LogP contribution in [-0.2, 0) is 13.1 Å². The van der Waals surface area contributed by atoms with Crippen LogP contribution in [0.25, 0.3) is 11.3 Å². The molecule has 3 aromatic rings. The summed E-state index contributed by atoms with van der Waals surface area (Å²) in [7, 11) is 1.78. The molecule has 0 fully saturated rings. The van der Waals surface area contributed by atoms with Crippen molar-refractivity contribution in [1.29, 1.82) is 0 Å². The van der Waals surface area contributed by atoms with E-state index < -0.39 is 0 Å². The molecule has 0 aliphatic carbocycles. The molecule has 28 heavy (non-hydrogen) atoms. The maximum atomic E-state index is 12.9. The summed E-state index contributed by atoms with van der Waals surface area (Å²) in [6.07, 6.45) is 0. The van der Waals surface area contributed by atoms with Crippen molar-refractivity contribution in [3.05, 3.63) is 46.9 Å². The molecule has 1 aromatic carbocycles. The standard InChI is InChI=1S/C20H23N5O3/c1-5-25-13(3)15(12(2)23-25)10-24(4)20(26)17-9-16(21-22-17)14-6-7-18-19(8-14)28-11-27-18/h6-9H,5,10-11H2,1-4H3,(H,21,22). The van der Waals surface area contributed by atoms with Crippen LogP contribution in [0.4, 0.5) is 0 Å². The SMILES string of the molecule is CCn1nc(C)c(CN(C)C(=O)c2cc(-c3ccc4c(c3)OCO4)n[nH]2)c1C. The molecule has 3 heterocycles. The van der Waals surface area contributed by atoms with E-state index in [9.17, 15) is 4.79 Å². The van der Waals surface area contributed by atoms with Gasteiger partial charge in [0, 0.05) is 37.0 Å². The number of amides is 1. The maximum Gasteiger partial charge on any atom is 0.271 e. The summed E-state index contributed by atoms with van der Waals surface area (Å²) in [5, 5.41) is 11.7. The molecule has 0 spiro atoms. The molecule has 8 heteroatoms. The van der Waals surface area contributed by atoms with Crippen LogP contribution in [-0.4, -0.2) is 44.6 Å². The molecule has 0 radical (unpaired) electrons. The van der Waals surface area contributed by atoms with Gasteiger partial charge in [0.15, 0.2) is 11.5 Å². The van der Waals surface area contributed by atoms with Gasteiger partial charge in [-0.3, -0.25) is 14.6 Å². The summed E-state index contributed by atoms with van der Waals surface area (Å²) in [6, 6.07) is 7.36. The molecule has 0 saturated carbocycles. The summed E-state index contributed by atoms with van der Waals surface area (Å²) in [5.74, 6) is 1.28. The van der Waals surface area contributed by atoms with Crippen LogP contribution < -0.4 is 9.47 Å². The monoisotopic (exact) mass is 381 g/mol. The summed E-state index contributed by atoms with van der Waals surface area (Å²) >= 11 is 0. The topological polar surface area (TPSA) is 85.3 Å². The van der Waals surface area contributed by atoms with E-state index in [2.05, 4.69) is 22.2 Å². The molecular weight excluding hydrogens is 358 g/mol. The Morgan fingerprint density at radius 1 is 1.25 bits per heavy atom. The van der Waals surface area contributed by atoms with Gasteiger partial charge < -0.3 is 14.4 Å². The van der Waals surface area contributed by atoms with Crippen LogP contribution in [0.3, 0.4) is 0 Å². The van der Waals surface area contributed by atoms with Gasteiger partial charge in [0.1, 0.15) is 5.69 Å². The number of carbonyl (C=O) groups excluding carboxylic acids is 1. The molecule has 146 valence electrons. The molecule has 1 aliphatic heterocycles. The average Bonchev–Trinajstić information content (AvgIpc) is 3.41. The quantitative estimate of drug-likeness (QED) is 0.734. The second-order valence-electron chi connectivity index (χ2n) is 6.86. The van der Waals surface area contributed by atoms with Crippen LogP contribution in [0.15, 0.2) is 24.3 Å². The molecule has 4 rings (SSSR count). The van der Waals surface area contributed by atoms with Crippen LogP contribution in [0.1, 0.15) is 34.4 Å². The van der Waals surface area contributed by atoms with Crippen molar-refractivity contribution in [1.82, 2.24) is 24.9 Å². The number of carbonyl (C=O) groups is 1. The number of fused-ring (bicyclic) bond motifs is 1. The minimum absolute atomic E-state index is 0.123. The molecule has 1 N–H and O–H groups in total. The Bertz CT molecular complexity index is 1040. The predicted molar refractivity (Wildman–Crippen MR) is 103 cm³/mol. The normalized spacial score (nSPS) is 12.4. The fourth-order valence-corrected chi connectivity index (χ4v) is 3.42. The summed E-state index contributed by atoms with van der Waals surface area (Å²) in [4.78, 5) is 14.5. The van der Waals surface area contributed by atoms with Crippen molar-refractivity contribution < 1.29 is 14.3 Å². The Balaban J connectivity index is 1.52. The highest BCUT2D eigenvalue weighted by molar-refractivity contribution is 5.93. The molecule has 0 saturated heterocycles. The highest BCUT2D eigenvalue weighted by Crippen LogP contribution is 2.35. The van der Waals surface area contributed by atoms with Crippen molar-refractivity contribution in [3.8, 4) is 22.8 Å². The lowest BCUT2D eigenvalue weighted by molar-refractivity contribution is 0.0779. The first-order chi connectivity index (χ1) is 13.5. The fourth-order valence-electron chi connectivity index (χ4n) is 3.42. The van der Waals surface area contributed by atoms with Crippen molar-refractivity contribution in [2.45, 2.75) is 33.9 Å². The molecule has 1 aliphatic rings. The number of aromatic nitrogens is 4. The predicted octanol–water partition coefficient (Wildman–Crippen LogP) is 2.91. The van der Waals surface area contributed by atoms with Crippen LogP contribution in [0.2, 0.25) is 0 Å². The van der Waals surface area contributed by atoms with Crippen molar-refractivity contribution in [2.24, 2.45) is 0 Å². The first-order valence-electron chi connectivity index (χ1n) is 9.21. The van der Waals surface area contributed by atoms with E-state index in [1.807, 2.05) is 36.7 Å². The minimum atomic E-state index is -0.123. The van der Waals surface area contributed by atoms with E-state index in [1.54, 1.807) is 18.0 Å². The van der Waals surface area contributed by atoms with Gasteiger partial charge >= 0.3 is 0 Å². The summed E-state index contributed by atoms with van der Waals surface area (Å²) in [5.41, 5.74) is 5.09. The number of hydrogen-bond acceptors (Lipinski definition) is 5. The number of nitrogens with zero attached hydrogens (tertiary/aromatic N) is 4. The zero-order chi connectivity index (χ0) is 19.8. The average molecular weight is 381 g/mol. The van der Waals surface area contributed by atoms with Gasteiger partial charge in [0.2, 0.25) is 6.79 Å². The van der Waals surface area contributed by atoms with E-state index in [0.717, 1.165) is 29.1 Å². The van der Waals surface area contributed by atoms with Crippen LogP contribution in [0, 0.1) is 13.8 Å². The van der Waals surface area contributed by atoms with E-state index in [0.29, 0.717) is 29.4 Å². The van der Waals surface area contributed by atoms with E-state index in [-0.39, 0.29) is 12.7 Å². The maximum absolute atomic E-state index is 12.9. The number of benzene rings is 1. The lowest BCUT2D eigenvalue weighted by Gasteiger charge is -2.16. The number of nitrogens with one attached hydrogen (secondary N) is 1. The van der Waals surface area contributed by atoms with Crippen molar-refractivity contribution in [3.63, 3.8) is 0 Å². The third kappa shape index (κ3) is 3.11. The highest BCUT2D eigenvalue weighted by atomic mass is 16.7. The smallest absolute Gasteiger partial charge is 0.271 e. The molecular formula is C20H23N5O3. The third-order valence-corrected chi connectivity index (χ3v) is 5.05. The van der Waals surface area contributed by atoms with Crippen molar-refractivity contribution >= 4 is 5.91 Å². The number of aromatic amines is 1.